The van der Waals surface area contributed by atoms with E-state index in [1.54, 1.807) is 0 Å². The molecule has 0 aliphatic carbocycles. The first kappa shape index (κ1) is 81.1. The summed E-state index contributed by atoms with van der Waals surface area (Å²) in [5.74, 6) is -0.0171. The van der Waals surface area contributed by atoms with E-state index in [1.807, 2.05) is 0 Å². The molecule has 0 spiro atoms. The average molecular weight is 1170 g/mol. The van der Waals surface area contributed by atoms with Crippen LogP contribution in [0.1, 0.15) is 418 Å². The van der Waals surface area contributed by atoms with Gasteiger partial charge in [-0.15, -0.1) is 0 Å². The Hall–Kier alpha value is -1.92. The summed E-state index contributed by atoms with van der Waals surface area (Å²) in [6.45, 7) is 4.96. The van der Waals surface area contributed by atoms with E-state index < -0.39 is 12.1 Å². The summed E-state index contributed by atoms with van der Waals surface area (Å²) in [7, 11) is 0. The Bertz CT molecular complexity index is 1340. The van der Waals surface area contributed by atoms with Gasteiger partial charge in [0.05, 0.1) is 25.4 Å². The zero-order valence-electron chi connectivity index (χ0n) is 56.2. The molecule has 0 fully saturated rings. The lowest BCUT2D eigenvalue weighted by Crippen LogP contribution is -2.45. The molecule has 0 aliphatic heterocycles. The Labute approximate surface area is 519 Å². The van der Waals surface area contributed by atoms with Crippen LogP contribution >= 0.6 is 0 Å². The van der Waals surface area contributed by atoms with Crippen LogP contribution in [0.15, 0.2) is 36.5 Å². The standard InChI is InChI=1S/C77H147NO5/c1-3-5-7-9-11-13-15-17-19-38-43-47-51-55-59-63-67-71-77(82)83-72-68-64-60-56-52-48-44-40-37-35-33-31-29-27-25-23-21-22-24-26-28-30-32-34-36-39-42-46-50-54-58-62-66-70-76(81)78-74(73-79)75(80)69-65-61-57-53-49-45-41-20-18-16-14-12-10-8-6-4-2/h11,13,17,19,25,27,74-75,79-80H,3-10,12,14-16,18,20-24,26,28-73H2,1-2H3,(H,78,81)/b13-11-,19-17-,27-25-. The van der Waals surface area contributed by atoms with Gasteiger partial charge >= 0.3 is 5.97 Å². The molecule has 0 aromatic heterocycles. The van der Waals surface area contributed by atoms with E-state index in [2.05, 4.69) is 55.6 Å². The molecule has 6 heteroatoms. The van der Waals surface area contributed by atoms with Gasteiger partial charge in [0.25, 0.3) is 0 Å². The molecule has 0 aromatic carbocycles. The van der Waals surface area contributed by atoms with Gasteiger partial charge in [-0.3, -0.25) is 9.59 Å². The van der Waals surface area contributed by atoms with Gasteiger partial charge in [0.1, 0.15) is 0 Å². The molecule has 0 bridgehead atoms. The third-order valence-electron chi connectivity index (χ3n) is 17.7. The Kier molecular flexibility index (Phi) is 70.9. The summed E-state index contributed by atoms with van der Waals surface area (Å²) in [6.07, 6.45) is 93.6. The quantitative estimate of drug-likeness (QED) is 0.0320. The summed E-state index contributed by atoms with van der Waals surface area (Å²) in [5, 5.41) is 23.4. The van der Waals surface area contributed by atoms with Crippen molar-refractivity contribution in [2.45, 2.75) is 431 Å². The second-order valence-electron chi connectivity index (χ2n) is 26.0. The fourth-order valence-electron chi connectivity index (χ4n) is 11.9. The number of aliphatic hydroxyl groups excluding tert-OH is 2. The van der Waals surface area contributed by atoms with Crippen LogP contribution in [-0.2, 0) is 14.3 Å². The Morgan fingerprint density at radius 1 is 0.337 bits per heavy atom. The highest BCUT2D eigenvalue weighted by molar-refractivity contribution is 5.76. The predicted molar refractivity (Wildman–Crippen MR) is 366 cm³/mol. The van der Waals surface area contributed by atoms with Crippen molar-refractivity contribution in [3.8, 4) is 0 Å². The molecule has 0 rings (SSSR count). The lowest BCUT2D eigenvalue weighted by atomic mass is 10.0. The van der Waals surface area contributed by atoms with Gasteiger partial charge in [0.2, 0.25) is 5.91 Å². The highest BCUT2D eigenvalue weighted by atomic mass is 16.5. The maximum atomic E-state index is 12.5. The number of hydrogen-bond acceptors (Lipinski definition) is 5. The minimum absolute atomic E-state index is 0.0114. The number of aliphatic hydroxyl groups is 2. The number of esters is 1. The van der Waals surface area contributed by atoms with E-state index in [9.17, 15) is 19.8 Å². The van der Waals surface area contributed by atoms with Gasteiger partial charge in [-0.05, 0) is 83.5 Å². The predicted octanol–water partition coefficient (Wildman–Crippen LogP) is 24.7. The number of hydrogen-bond donors (Lipinski definition) is 3. The Morgan fingerprint density at radius 2 is 0.602 bits per heavy atom. The van der Waals surface area contributed by atoms with Gasteiger partial charge in [-0.1, -0.05) is 359 Å². The minimum Gasteiger partial charge on any atom is -0.466 e. The molecule has 0 aliphatic rings. The number of allylic oxidation sites excluding steroid dienone is 6. The molecule has 2 atom stereocenters. The molecule has 2 unspecified atom stereocenters. The molecule has 490 valence electrons. The van der Waals surface area contributed by atoms with Gasteiger partial charge < -0.3 is 20.3 Å². The highest BCUT2D eigenvalue weighted by Crippen LogP contribution is 2.19. The minimum atomic E-state index is -0.662. The van der Waals surface area contributed by atoms with Crippen LogP contribution in [0.25, 0.3) is 0 Å². The van der Waals surface area contributed by atoms with Crippen LogP contribution in [0.3, 0.4) is 0 Å². The summed E-state index contributed by atoms with van der Waals surface area (Å²) < 4.78 is 5.50. The van der Waals surface area contributed by atoms with Gasteiger partial charge in [-0.2, -0.15) is 0 Å². The van der Waals surface area contributed by atoms with Crippen LogP contribution in [0, 0.1) is 0 Å². The molecule has 0 radical (unpaired) electrons. The number of amides is 1. The van der Waals surface area contributed by atoms with Crippen LogP contribution < -0.4 is 5.32 Å². The number of rotatable bonds is 71. The van der Waals surface area contributed by atoms with E-state index >= 15 is 0 Å². The maximum absolute atomic E-state index is 12.5. The van der Waals surface area contributed by atoms with Gasteiger partial charge in [-0.25, -0.2) is 0 Å². The van der Waals surface area contributed by atoms with E-state index in [1.165, 1.54) is 334 Å². The second kappa shape index (κ2) is 72.6. The molecule has 83 heavy (non-hydrogen) atoms. The van der Waals surface area contributed by atoms with Crippen molar-refractivity contribution in [1.29, 1.82) is 0 Å². The lowest BCUT2D eigenvalue weighted by Gasteiger charge is -2.22. The molecule has 6 nitrogen and oxygen atoms in total. The molecular formula is C77H147NO5. The molecule has 0 heterocycles. The van der Waals surface area contributed by atoms with E-state index in [4.69, 9.17) is 4.74 Å². The van der Waals surface area contributed by atoms with Crippen molar-refractivity contribution in [2.24, 2.45) is 0 Å². The molecule has 0 saturated carbocycles. The summed E-state index contributed by atoms with van der Waals surface area (Å²) >= 11 is 0. The number of carbonyl (C=O) groups excluding carboxylic acids is 2. The van der Waals surface area contributed by atoms with Gasteiger partial charge in [0.15, 0.2) is 0 Å². The second-order valence-corrected chi connectivity index (χ2v) is 26.0. The third kappa shape index (κ3) is 69.1. The van der Waals surface area contributed by atoms with E-state index in [0.717, 1.165) is 51.4 Å². The van der Waals surface area contributed by atoms with Crippen molar-refractivity contribution >= 4 is 11.9 Å². The monoisotopic (exact) mass is 1170 g/mol. The molecule has 0 saturated heterocycles. The number of ether oxygens (including phenoxy) is 1. The summed E-state index contributed by atoms with van der Waals surface area (Å²) in [5.41, 5.74) is 0. The highest BCUT2D eigenvalue weighted by Gasteiger charge is 2.20. The van der Waals surface area contributed by atoms with E-state index in [0.29, 0.717) is 25.9 Å². The molecule has 3 N–H and O–H groups in total. The fourth-order valence-corrected chi connectivity index (χ4v) is 11.9. The first-order valence-corrected chi connectivity index (χ1v) is 37.7. The third-order valence-corrected chi connectivity index (χ3v) is 17.7. The smallest absolute Gasteiger partial charge is 0.305 e. The zero-order chi connectivity index (χ0) is 59.9. The number of nitrogens with one attached hydrogen (secondary N) is 1. The van der Waals surface area contributed by atoms with Crippen molar-refractivity contribution in [1.82, 2.24) is 5.32 Å². The zero-order valence-corrected chi connectivity index (χ0v) is 56.2. The summed E-state index contributed by atoms with van der Waals surface area (Å²) in [4.78, 5) is 24.6. The lowest BCUT2D eigenvalue weighted by molar-refractivity contribution is -0.143. The van der Waals surface area contributed by atoms with Gasteiger partial charge in [0, 0.05) is 12.8 Å². The Morgan fingerprint density at radius 3 is 0.952 bits per heavy atom. The van der Waals surface area contributed by atoms with E-state index in [-0.39, 0.29) is 18.5 Å². The van der Waals surface area contributed by atoms with Crippen LogP contribution in [0.2, 0.25) is 0 Å². The van der Waals surface area contributed by atoms with Crippen LogP contribution in [0.5, 0.6) is 0 Å². The first-order chi connectivity index (χ1) is 41.0. The van der Waals surface area contributed by atoms with Crippen LogP contribution in [0.4, 0.5) is 0 Å². The summed E-state index contributed by atoms with van der Waals surface area (Å²) in [6, 6.07) is -0.539. The van der Waals surface area contributed by atoms with Crippen molar-refractivity contribution in [3.05, 3.63) is 36.5 Å². The maximum Gasteiger partial charge on any atom is 0.305 e. The molecule has 1 amide bonds. The molecule has 0 aromatic rings. The van der Waals surface area contributed by atoms with Crippen LogP contribution in [-0.4, -0.2) is 47.4 Å². The van der Waals surface area contributed by atoms with Crippen molar-refractivity contribution < 1.29 is 24.5 Å². The average Bonchev–Trinajstić information content (AvgIpc) is 3.49. The van der Waals surface area contributed by atoms with Crippen molar-refractivity contribution in [3.63, 3.8) is 0 Å². The first-order valence-electron chi connectivity index (χ1n) is 37.7. The topological polar surface area (TPSA) is 95.9 Å². The largest absolute Gasteiger partial charge is 0.466 e. The molecular weight excluding hydrogens is 1020 g/mol. The SMILES string of the molecule is CCCCC/C=C\C/C=C\CCCCCCCCCC(=O)OCCCCCCCCCCCCCC/C=C\CCCCCCCCCCCCCCCCCCCC(=O)NC(CO)C(O)CCCCCCCCCCCCCCCCCC. The normalized spacial score (nSPS) is 12.7. The number of unbranched alkanes of at least 4 members (excludes halogenated alkanes) is 54. The Balaban J connectivity index is 3.34. The fraction of sp³-hybridized carbons (Fsp3) is 0.896. The number of carbonyl (C=O) groups is 2. The van der Waals surface area contributed by atoms with Crippen molar-refractivity contribution in [2.75, 3.05) is 13.2 Å².